The van der Waals surface area contributed by atoms with E-state index in [9.17, 15) is 4.79 Å². The molecule has 0 fully saturated rings. The topological polar surface area (TPSA) is 84.3 Å². The van der Waals surface area contributed by atoms with E-state index in [0.29, 0.717) is 28.7 Å². The normalized spacial score (nSPS) is 10.9. The Kier molecular flexibility index (Phi) is 5.33. The van der Waals surface area contributed by atoms with E-state index in [1.807, 2.05) is 13.8 Å². The van der Waals surface area contributed by atoms with Gasteiger partial charge in [0.1, 0.15) is 15.5 Å². The van der Waals surface area contributed by atoms with Crippen LogP contribution >= 0.6 is 22.9 Å². The number of thiophene rings is 1. The monoisotopic (exact) mass is 329 g/mol. The number of esters is 1. The summed E-state index contributed by atoms with van der Waals surface area (Å²) in [5, 5.41) is 12.7. The van der Waals surface area contributed by atoms with Crippen LogP contribution in [0.15, 0.2) is 0 Å². The summed E-state index contributed by atoms with van der Waals surface area (Å²) >= 11 is 7.12. The average Bonchev–Trinajstić information content (AvgIpc) is 2.79. The quantitative estimate of drug-likeness (QED) is 0.626. The number of carbonyl (C=O) groups is 1. The molecule has 0 spiro atoms. The Morgan fingerprint density at radius 3 is 2.90 bits per heavy atom. The van der Waals surface area contributed by atoms with Crippen molar-refractivity contribution in [2.75, 3.05) is 25.1 Å². The van der Waals surface area contributed by atoms with Gasteiger partial charge in [-0.2, -0.15) is 0 Å². The Morgan fingerprint density at radius 1 is 1.48 bits per heavy atom. The van der Waals surface area contributed by atoms with Crippen LogP contribution in [-0.2, 0) is 4.74 Å². The van der Waals surface area contributed by atoms with E-state index in [4.69, 9.17) is 21.4 Å². The first-order chi connectivity index (χ1) is 10.1. The fourth-order valence-electron chi connectivity index (χ4n) is 1.87. The Hall–Kier alpha value is -1.44. The molecular weight excluding hydrogens is 314 g/mol. The zero-order valence-corrected chi connectivity index (χ0v) is 13.3. The van der Waals surface area contributed by atoms with Crippen molar-refractivity contribution in [3.05, 3.63) is 15.7 Å². The van der Waals surface area contributed by atoms with Crippen LogP contribution < -0.4 is 5.32 Å². The molecular formula is C13H16ClN3O3S. The third kappa shape index (κ3) is 3.42. The van der Waals surface area contributed by atoms with Crippen molar-refractivity contribution in [3.8, 4) is 0 Å². The molecule has 0 aliphatic carbocycles. The molecule has 2 aromatic rings. The molecule has 0 amide bonds. The largest absolute Gasteiger partial charge is 0.462 e. The molecule has 0 radical (unpaired) electrons. The summed E-state index contributed by atoms with van der Waals surface area (Å²) < 4.78 is 5.17. The molecule has 6 nitrogen and oxygen atoms in total. The third-order valence-corrected chi connectivity index (χ3v) is 4.12. The van der Waals surface area contributed by atoms with Crippen molar-refractivity contribution in [2.45, 2.75) is 20.3 Å². The highest BCUT2D eigenvalue weighted by Gasteiger charge is 2.21. The summed E-state index contributed by atoms with van der Waals surface area (Å²) in [5.41, 5.74) is 0.758. The fourth-order valence-corrected chi connectivity index (χ4v) is 3.16. The first-order valence-electron chi connectivity index (χ1n) is 6.57. The summed E-state index contributed by atoms with van der Waals surface area (Å²) in [6.07, 6.45) is 0.768. The number of carbonyl (C=O) groups excluding carboxylic acids is 1. The molecule has 2 heterocycles. The number of aryl methyl sites for hydroxylation is 1. The SMILES string of the molecule is CCCOC(=O)c1sc2nc(Cl)nc(NCCO)c2c1C. The number of aliphatic hydroxyl groups excluding tert-OH is 1. The van der Waals surface area contributed by atoms with E-state index < -0.39 is 0 Å². The number of hydrogen-bond acceptors (Lipinski definition) is 7. The maximum Gasteiger partial charge on any atom is 0.348 e. The van der Waals surface area contributed by atoms with Crippen LogP contribution in [-0.4, -0.2) is 40.8 Å². The molecule has 0 atom stereocenters. The smallest absolute Gasteiger partial charge is 0.348 e. The lowest BCUT2D eigenvalue weighted by Gasteiger charge is -2.06. The van der Waals surface area contributed by atoms with Crippen molar-refractivity contribution in [2.24, 2.45) is 0 Å². The Morgan fingerprint density at radius 2 is 2.24 bits per heavy atom. The maximum atomic E-state index is 12.1. The molecule has 0 aromatic carbocycles. The van der Waals surface area contributed by atoms with Gasteiger partial charge < -0.3 is 15.2 Å². The minimum absolute atomic E-state index is 0.0301. The van der Waals surface area contributed by atoms with Gasteiger partial charge in [-0.15, -0.1) is 11.3 Å². The minimum Gasteiger partial charge on any atom is -0.462 e. The lowest BCUT2D eigenvalue weighted by molar-refractivity contribution is 0.0510. The zero-order chi connectivity index (χ0) is 15.4. The van der Waals surface area contributed by atoms with Gasteiger partial charge in [0.25, 0.3) is 0 Å². The molecule has 8 heteroatoms. The van der Waals surface area contributed by atoms with Gasteiger partial charge in [-0.1, -0.05) is 6.92 Å². The first-order valence-corrected chi connectivity index (χ1v) is 7.76. The Bertz CT molecular complexity index is 660. The second kappa shape index (κ2) is 7.02. The standard InChI is InChI=1S/C13H16ClN3O3S/c1-3-6-20-12(19)9-7(2)8-10(15-4-5-18)16-13(14)17-11(8)21-9/h18H,3-6H2,1-2H3,(H,15,16,17). The van der Waals surface area contributed by atoms with Gasteiger partial charge in [-0.05, 0) is 30.5 Å². The molecule has 0 aliphatic rings. The average molecular weight is 330 g/mol. The first kappa shape index (κ1) is 15.9. The number of aliphatic hydroxyl groups is 1. The molecule has 0 aliphatic heterocycles. The van der Waals surface area contributed by atoms with E-state index in [2.05, 4.69) is 15.3 Å². The van der Waals surface area contributed by atoms with E-state index >= 15 is 0 Å². The summed E-state index contributed by atoms with van der Waals surface area (Å²) in [5.74, 6) is 0.156. The van der Waals surface area contributed by atoms with Gasteiger partial charge in [0, 0.05) is 6.54 Å². The van der Waals surface area contributed by atoms with Crippen LogP contribution in [0.2, 0.25) is 5.28 Å². The summed E-state index contributed by atoms with van der Waals surface area (Å²) in [6, 6.07) is 0. The number of nitrogens with zero attached hydrogens (tertiary/aromatic N) is 2. The van der Waals surface area contributed by atoms with Crippen LogP contribution in [0.4, 0.5) is 5.82 Å². The van der Waals surface area contributed by atoms with Gasteiger partial charge in [-0.25, -0.2) is 14.8 Å². The van der Waals surface area contributed by atoms with Crippen molar-refractivity contribution < 1.29 is 14.6 Å². The molecule has 2 rings (SSSR count). The Labute approximate surface area is 131 Å². The van der Waals surface area contributed by atoms with Crippen molar-refractivity contribution in [1.29, 1.82) is 0 Å². The van der Waals surface area contributed by atoms with E-state index in [-0.39, 0.29) is 17.9 Å². The van der Waals surface area contributed by atoms with Crippen LogP contribution in [0.3, 0.4) is 0 Å². The van der Waals surface area contributed by atoms with Crippen molar-refractivity contribution >= 4 is 44.9 Å². The third-order valence-electron chi connectivity index (χ3n) is 2.79. The van der Waals surface area contributed by atoms with Gasteiger partial charge in [0.2, 0.25) is 5.28 Å². The van der Waals surface area contributed by atoms with Crippen molar-refractivity contribution in [3.63, 3.8) is 0 Å². The number of halogens is 1. The highest BCUT2D eigenvalue weighted by molar-refractivity contribution is 7.20. The van der Waals surface area contributed by atoms with Gasteiger partial charge in [0.05, 0.1) is 18.6 Å². The molecule has 21 heavy (non-hydrogen) atoms. The van der Waals surface area contributed by atoms with E-state index in [0.717, 1.165) is 17.4 Å². The number of rotatable bonds is 6. The molecule has 0 bridgehead atoms. The fraction of sp³-hybridized carbons (Fsp3) is 0.462. The van der Waals surface area contributed by atoms with Gasteiger partial charge in [-0.3, -0.25) is 0 Å². The van der Waals surface area contributed by atoms with Crippen LogP contribution in [0, 0.1) is 6.92 Å². The lowest BCUT2D eigenvalue weighted by Crippen LogP contribution is -2.08. The predicted octanol–water partition coefficient (Wildman–Crippen LogP) is 2.62. The molecule has 114 valence electrons. The second-order valence-corrected chi connectivity index (χ2v) is 5.70. The molecule has 0 unspecified atom stereocenters. The summed E-state index contributed by atoms with van der Waals surface area (Å²) in [4.78, 5) is 21.4. The van der Waals surface area contributed by atoms with Gasteiger partial charge in [0.15, 0.2) is 0 Å². The zero-order valence-electron chi connectivity index (χ0n) is 11.8. The number of hydrogen-bond donors (Lipinski definition) is 2. The summed E-state index contributed by atoms with van der Waals surface area (Å²) in [7, 11) is 0. The molecule has 2 aromatic heterocycles. The number of anilines is 1. The lowest BCUT2D eigenvalue weighted by atomic mass is 10.2. The number of nitrogens with one attached hydrogen (secondary N) is 1. The predicted molar refractivity (Wildman–Crippen MR) is 83.3 cm³/mol. The summed E-state index contributed by atoms with van der Waals surface area (Å²) in [6.45, 7) is 4.45. The van der Waals surface area contributed by atoms with Crippen LogP contribution in [0.25, 0.3) is 10.2 Å². The highest BCUT2D eigenvalue weighted by Crippen LogP contribution is 2.34. The Balaban J connectivity index is 2.46. The minimum atomic E-state index is -0.360. The van der Waals surface area contributed by atoms with E-state index in [1.54, 1.807) is 0 Å². The number of aromatic nitrogens is 2. The number of fused-ring (bicyclic) bond motifs is 1. The molecule has 0 saturated carbocycles. The molecule has 2 N–H and O–H groups in total. The van der Waals surface area contributed by atoms with Crippen molar-refractivity contribution in [1.82, 2.24) is 9.97 Å². The van der Waals surface area contributed by atoms with E-state index in [1.165, 1.54) is 11.3 Å². The van der Waals surface area contributed by atoms with Crippen LogP contribution in [0.5, 0.6) is 0 Å². The number of ether oxygens (including phenoxy) is 1. The maximum absolute atomic E-state index is 12.1. The highest BCUT2D eigenvalue weighted by atomic mass is 35.5. The van der Waals surface area contributed by atoms with Crippen LogP contribution in [0.1, 0.15) is 28.6 Å². The molecule has 0 saturated heterocycles. The second-order valence-electron chi connectivity index (χ2n) is 4.36. The van der Waals surface area contributed by atoms with Gasteiger partial charge >= 0.3 is 5.97 Å².